The summed E-state index contributed by atoms with van der Waals surface area (Å²) >= 11 is 5.90. The number of carbonyl (C=O) groups is 1. The predicted molar refractivity (Wildman–Crippen MR) is 95.1 cm³/mol. The largest absolute Gasteiger partial charge is 0.356 e. The van der Waals surface area contributed by atoms with Gasteiger partial charge in [0, 0.05) is 35.0 Å². The van der Waals surface area contributed by atoms with Crippen molar-refractivity contribution < 1.29 is 4.79 Å². The molecule has 122 valence electrons. The second kappa shape index (κ2) is 5.95. The molecule has 0 aliphatic carbocycles. The highest BCUT2D eigenvalue weighted by molar-refractivity contribution is 6.27. The van der Waals surface area contributed by atoms with E-state index >= 15 is 0 Å². The highest BCUT2D eigenvalue weighted by Crippen LogP contribution is 2.40. The van der Waals surface area contributed by atoms with Crippen LogP contribution in [0, 0.1) is 0 Å². The lowest BCUT2D eigenvalue weighted by Gasteiger charge is -2.40. The minimum atomic E-state index is -0.162. The number of alkyl halides is 1. The summed E-state index contributed by atoms with van der Waals surface area (Å²) in [5.41, 5.74) is 4.52. The zero-order chi connectivity index (χ0) is 16.7. The Bertz CT molecular complexity index is 890. The predicted octanol–water partition coefficient (Wildman–Crippen LogP) is 3.66. The summed E-state index contributed by atoms with van der Waals surface area (Å²) in [6, 6.07) is 12.1. The normalized spacial score (nSPS) is 20.2. The van der Waals surface area contributed by atoms with Gasteiger partial charge in [0.25, 0.3) is 0 Å². The Morgan fingerprint density at radius 1 is 1.29 bits per heavy atom. The van der Waals surface area contributed by atoms with Gasteiger partial charge < -0.3 is 9.88 Å². The van der Waals surface area contributed by atoms with Crippen LogP contribution in [-0.2, 0) is 11.2 Å². The molecule has 3 aromatic rings. The molecule has 1 unspecified atom stereocenters. The molecule has 0 saturated heterocycles. The standard InChI is InChI=1S/C19H18ClN3O/c1-12-10-15-14-4-2-3-5-16(14)22-18(15)19(23(12)17(24)11-20)13-6-8-21-9-7-13/h2-9,12,19,22H,10-11H2,1H3/t12-,19?/m0/s1. The van der Waals surface area contributed by atoms with Gasteiger partial charge in [0.1, 0.15) is 5.88 Å². The lowest BCUT2D eigenvalue weighted by Crippen LogP contribution is -2.46. The van der Waals surface area contributed by atoms with Crippen LogP contribution < -0.4 is 0 Å². The zero-order valence-electron chi connectivity index (χ0n) is 13.4. The summed E-state index contributed by atoms with van der Waals surface area (Å²) in [7, 11) is 0. The number of rotatable bonds is 2. The molecule has 4 nitrogen and oxygen atoms in total. The van der Waals surface area contributed by atoms with Crippen LogP contribution in [0.2, 0.25) is 0 Å². The molecule has 5 heteroatoms. The first-order valence-electron chi connectivity index (χ1n) is 8.07. The third kappa shape index (κ3) is 2.29. The van der Waals surface area contributed by atoms with Gasteiger partial charge in [-0.15, -0.1) is 11.6 Å². The van der Waals surface area contributed by atoms with E-state index < -0.39 is 0 Å². The van der Waals surface area contributed by atoms with Crippen LogP contribution in [0.1, 0.15) is 29.8 Å². The van der Waals surface area contributed by atoms with E-state index in [-0.39, 0.29) is 23.9 Å². The van der Waals surface area contributed by atoms with Crippen molar-refractivity contribution in [3.05, 3.63) is 65.6 Å². The molecule has 3 heterocycles. The van der Waals surface area contributed by atoms with Crippen LogP contribution in [0.25, 0.3) is 10.9 Å². The minimum Gasteiger partial charge on any atom is -0.356 e. The number of para-hydroxylation sites is 1. The number of nitrogens with one attached hydrogen (secondary N) is 1. The number of nitrogens with zero attached hydrogens (tertiary/aromatic N) is 2. The Kier molecular flexibility index (Phi) is 3.77. The number of fused-ring (bicyclic) bond motifs is 3. The number of hydrogen-bond donors (Lipinski definition) is 1. The molecule has 1 amide bonds. The number of carbonyl (C=O) groups excluding carboxylic acids is 1. The molecule has 0 spiro atoms. The van der Waals surface area contributed by atoms with E-state index in [9.17, 15) is 4.79 Å². The van der Waals surface area contributed by atoms with Gasteiger partial charge in [-0.05, 0) is 42.7 Å². The molecule has 0 bridgehead atoms. The van der Waals surface area contributed by atoms with Gasteiger partial charge >= 0.3 is 0 Å². The summed E-state index contributed by atoms with van der Waals surface area (Å²) in [6.07, 6.45) is 4.35. The third-order valence-electron chi connectivity index (χ3n) is 4.80. The average Bonchev–Trinajstić information content (AvgIpc) is 2.99. The number of aromatic nitrogens is 2. The van der Waals surface area contributed by atoms with Crippen molar-refractivity contribution >= 4 is 28.4 Å². The molecule has 2 aromatic heterocycles. The molecular weight excluding hydrogens is 322 g/mol. The molecule has 0 saturated carbocycles. The quantitative estimate of drug-likeness (QED) is 0.724. The van der Waals surface area contributed by atoms with E-state index in [4.69, 9.17) is 11.6 Å². The van der Waals surface area contributed by atoms with Crippen LogP contribution in [0.5, 0.6) is 0 Å². The van der Waals surface area contributed by atoms with Crippen LogP contribution >= 0.6 is 11.6 Å². The molecule has 1 aromatic carbocycles. The first-order valence-corrected chi connectivity index (χ1v) is 8.60. The fourth-order valence-electron chi connectivity index (χ4n) is 3.79. The maximum atomic E-state index is 12.6. The molecular formula is C19H18ClN3O. The maximum Gasteiger partial charge on any atom is 0.238 e. The molecule has 0 radical (unpaired) electrons. The number of benzene rings is 1. The molecule has 24 heavy (non-hydrogen) atoms. The summed E-state index contributed by atoms with van der Waals surface area (Å²) in [5, 5.41) is 1.23. The van der Waals surface area contributed by atoms with Gasteiger partial charge in [0.05, 0.1) is 6.04 Å². The van der Waals surface area contributed by atoms with E-state index in [2.05, 4.69) is 35.1 Å². The van der Waals surface area contributed by atoms with Crippen molar-refractivity contribution in [2.24, 2.45) is 0 Å². The molecule has 4 rings (SSSR count). The van der Waals surface area contributed by atoms with E-state index in [0.717, 1.165) is 23.2 Å². The highest BCUT2D eigenvalue weighted by atomic mass is 35.5. The smallest absolute Gasteiger partial charge is 0.238 e. The first-order chi connectivity index (χ1) is 11.7. The van der Waals surface area contributed by atoms with Gasteiger partial charge in [0.2, 0.25) is 5.91 Å². The van der Waals surface area contributed by atoms with Gasteiger partial charge in [-0.1, -0.05) is 18.2 Å². The molecule has 1 aliphatic rings. The number of halogens is 1. The monoisotopic (exact) mass is 339 g/mol. The van der Waals surface area contributed by atoms with Crippen LogP contribution in [0.4, 0.5) is 0 Å². The lowest BCUT2D eigenvalue weighted by molar-refractivity contribution is -0.133. The number of H-pyrrole nitrogens is 1. The maximum absolute atomic E-state index is 12.6. The van der Waals surface area contributed by atoms with Crippen LogP contribution in [0.15, 0.2) is 48.8 Å². The Morgan fingerprint density at radius 3 is 2.79 bits per heavy atom. The fraction of sp³-hybridized carbons (Fsp3) is 0.263. The molecule has 1 N–H and O–H groups in total. The van der Waals surface area contributed by atoms with E-state index in [1.165, 1.54) is 10.9 Å². The Balaban J connectivity index is 1.96. The fourth-order valence-corrected chi connectivity index (χ4v) is 3.93. The van der Waals surface area contributed by atoms with Gasteiger partial charge in [-0.3, -0.25) is 9.78 Å². The lowest BCUT2D eigenvalue weighted by atomic mass is 9.89. The highest BCUT2D eigenvalue weighted by Gasteiger charge is 2.37. The van der Waals surface area contributed by atoms with Crippen molar-refractivity contribution in [1.29, 1.82) is 0 Å². The number of pyridine rings is 1. The summed E-state index contributed by atoms with van der Waals surface area (Å²) in [6.45, 7) is 2.09. The van der Waals surface area contributed by atoms with Crippen LogP contribution in [-0.4, -0.2) is 32.7 Å². The number of aromatic amines is 1. The topological polar surface area (TPSA) is 49.0 Å². The number of hydrogen-bond acceptors (Lipinski definition) is 2. The van der Waals surface area contributed by atoms with Crippen molar-refractivity contribution in [3.63, 3.8) is 0 Å². The zero-order valence-corrected chi connectivity index (χ0v) is 14.1. The Hall–Kier alpha value is -2.33. The van der Waals surface area contributed by atoms with Crippen molar-refractivity contribution in [2.45, 2.75) is 25.4 Å². The SMILES string of the molecule is C[C@H]1Cc2c([nH]c3ccccc23)C(c2ccncc2)N1C(=O)CCl. The van der Waals surface area contributed by atoms with E-state index in [0.29, 0.717) is 0 Å². The third-order valence-corrected chi connectivity index (χ3v) is 5.03. The second-order valence-corrected chi connectivity index (χ2v) is 6.50. The van der Waals surface area contributed by atoms with Crippen molar-refractivity contribution in [3.8, 4) is 0 Å². The van der Waals surface area contributed by atoms with Gasteiger partial charge in [-0.25, -0.2) is 0 Å². The van der Waals surface area contributed by atoms with E-state index in [1.54, 1.807) is 12.4 Å². The van der Waals surface area contributed by atoms with Crippen LogP contribution in [0.3, 0.4) is 0 Å². The molecule has 1 aliphatic heterocycles. The van der Waals surface area contributed by atoms with Gasteiger partial charge in [-0.2, -0.15) is 0 Å². The molecule has 0 fully saturated rings. The van der Waals surface area contributed by atoms with Crippen molar-refractivity contribution in [2.75, 3.05) is 5.88 Å². The van der Waals surface area contributed by atoms with Crippen molar-refractivity contribution in [1.82, 2.24) is 14.9 Å². The first kappa shape index (κ1) is 15.2. The average molecular weight is 340 g/mol. The minimum absolute atomic E-state index is 0.0124. The summed E-state index contributed by atoms with van der Waals surface area (Å²) in [4.78, 5) is 22.1. The van der Waals surface area contributed by atoms with Gasteiger partial charge in [0.15, 0.2) is 0 Å². The molecule has 2 atom stereocenters. The summed E-state index contributed by atoms with van der Waals surface area (Å²) in [5.74, 6) is -0.0584. The van der Waals surface area contributed by atoms with E-state index in [1.807, 2.05) is 23.1 Å². The Labute approximate surface area is 145 Å². The second-order valence-electron chi connectivity index (χ2n) is 6.23. The Morgan fingerprint density at radius 2 is 2.04 bits per heavy atom. The summed E-state index contributed by atoms with van der Waals surface area (Å²) < 4.78 is 0. The number of amides is 1.